The summed E-state index contributed by atoms with van der Waals surface area (Å²) in [5.41, 5.74) is 0.994. The Morgan fingerprint density at radius 3 is 2.29 bits per heavy atom. The van der Waals surface area contributed by atoms with Crippen LogP contribution in [0.25, 0.3) is 0 Å². The number of hydrogen-bond acceptors (Lipinski definition) is 2. The Labute approximate surface area is 128 Å². The molecule has 0 aromatic heterocycles. The normalized spacial score (nSPS) is 14.9. The number of benzene rings is 2. The smallest absolute Gasteiger partial charge is 0.142 e. The van der Waals surface area contributed by atoms with Crippen molar-refractivity contribution in [2.45, 2.75) is 30.7 Å². The van der Waals surface area contributed by atoms with E-state index in [9.17, 15) is 9.47 Å². The highest BCUT2D eigenvalue weighted by Gasteiger charge is 2.32. The molecule has 108 valence electrons. The van der Waals surface area contributed by atoms with E-state index < -0.39 is 16.5 Å². The molecule has 1 N–H and O–H groups in total. The third kappa shape index (κ3) is 3.38. The Hall–Kier alpha value is -1.96. The van der Waals surface area contributed by atoms with Crippen LogP contribution in [0, 0.1) is 18.3 Å². The van der Waals surface area contributed by atoms with Gasteiger partial charge in [-0.1, -0.05) is 55.0 Å². The molecule has 0 fully saturated rings. The van der Waals surface area contributed by atoms with Gasteiger partial charge in [0.2, 0.25) is 0 Å². The second-order valence-corrected chi connectivity index (χ2v) is 6.13. The first kappa shape index (κ1) is 15.4. The Morgan fingerprint density at radius 2 is 1.76 bits per heavy atom. The van der Waals surface area contributed by atoms with E-state index in [4.69, 9.17) is 0 Å². The van der Waals surface area contributed by atoms with Crippen molar-refractivity contribution in [2.75, 3.05) is 0 Å². The van der Waals surface area contributed by atoms with Gasteiger partial charge in [0.25, 0.3) is 0 Å². The van der Waals surface area contributed by atoms with Crippen LogP contribution >= 0.6 is 0 Å². The average molecular weight is 298 g/mol. The van der Waals surface area contributed by atoms with E-state index in [1.807, 2.05) is 68.4 Å². The summed E-state index contributed by atoms with van der Waals surface area (Å²) in [7, 11) is -1.43. The first-order valence-corrected chi connectivity index (χ1v) is 7.99. The summed E-state index contributed by atoms with van der Waals surface area (Å²) in [6.07, 6.45) is 0.533. The quantitative estimate of drug-likeness (QED) is 0.919. The predicted molar refractivity (Wildman–Crippen MR) is 84.7 cm³/mol. The summed E-state index contributed by atoms with van der Waals surface area (Å²) in [6, 6.07) is 19.2. The molecule has 4 heteroatoms. The van der Waals surface area contributed by atoms with Crippen molar-refractivity contribution in [2.24, 2.45) is 0 Å². The molecule has 0 saturated heterocycles. The molecule has 0 heterocycles. The Morgan fingerprint density at radius 1 is 1.14 bits per heavy atom. The van der Waals surface area contributed by atoms with Crippen molar-refractivity contribution in [1.82, 2.24) is 4.72 Å². The number of rotatable bonds is 5. The minimum absolute atomic E-state index is 0.533. The fourth-order valence-corrected chi connectivity index (χ4v) is 3.23. The topological polar surface area (TPSA) is 52.9 Å². The Bertz CT molecular complexity index is 661. The SMILES string of the molecule is CC[C@@](C#N)(N[S@@](=O)c1ccc(C)cc1)c1ccccc1. The van der Waals surface area contributed by atoms with Gasteiger partial charge in [0.1, 0.15) is 16.5 Å². The van der Waals surface area contributed by atoms with Crippen LogP contribution in [0.2, 0.25) is 0 Å². The van der Waals surface area contributed by atoms with E-state index in [1.165, 1.54) is 0 Å². The Balaban J connectivity index is 2.31. The van der Waals surface area contributed by atoms with Crippen LogP contribution in [0.1, 0.15) is 24.5 Å². The molecule has 0 aliphatic carbocycles. The zero-order valence-electron chi connectivity index (χ0n) is 12.2. The highest BCUT2D eigenvalue weighted by molar-refractivity contribution is 7.83. The first-order chi connectivity index (χ1) is 10.1. The van der Waals surface area contributed by atoms with Crippen molar-refractivity contribution in [3.05, 3.63) is 65.7 Å². The van der Waals surface area contributed by atoms with Crippen LogP contribution in [-0.2, 0) is 16.5 Å². The first-order valence-electron chi connectivity index (χ1n) is 6.84. The summed E-state index contributed by atoms with van der Waals surface area (Å²) >= 11 is 0. The van der Waals surface area contributed by atoms with E-state index in [0.717, 1.165) is 11.1 Å². The molecule has 2 aromatic carbocycles. The number of aryl methyl sites for hydroxylation is 1. The lowest BCUT2D eigenvalue weighted by Gasteiger charge is -2.26. The molecule has 0 saturated carbocycles. The van der Waals surface area contributed by atoms with E-state index >= 15 is 0 Å². The molecule has 0 bridgehead atoms. The molecule has 0 radical (unpaired) electrons. The second kappa shape index (κ2) is 6.66. The summed E-state index contributed by atoms with van der Waals surface area (Å²) in [5.74, 6) is 0. The number of nitrogens with one attached hydrogen (secondary N) is 1. The molecule has 21 heavy (non-hydrogen) atoms. The molecule has 2 rings (SSSR count). The molecule has 0 amide bonds. The van der Waals surface area contributed by atoms with Crippen molar-refractivity contribution in [1.29, 1.82) is 5.26 Å². The van der Waals surface area contributed by atoms with Gasteiger partial charge in [-0.25, -0.2) is 8.93 Å². The molecule has 2 aromatic rings. The predicted octanol–water partition coefficient (Wildman–Crippen LogP) is 3.44. The van der Waals surface area contributed by atoms with Gasteiger partial charge in [0, 0.05) is 0 Å². The third-order valence-electron chi connectivity index (χ3n) is 3.49. The lowest BCUT2D eigenvalue weighted by atomic mass is 9.90. The lowest BCUT2D eigenvalue weighted by molar-refractivity contribution is 0.501. The van der Waals surface area contributed by atoms with Crippen LogP contribution in [0.15, 0.2) is 59.5 Å². The summed E-state index contributed by atoms with van der Waals surface area (Å²) in [4.78, 5) is 0.671. The third-order valence-corrected chi connectivity index (χ3v) is 4.72. The largest absolute Gasteiger partial charge is 0.237 e. The molecule has 0 aliphatic rings. The Kier molecular flexibility index (Phi) is 4.89. The van der Waals surface area contributed by atoms with Gasteiger partial charge in [-0.15, -0.1) is 0 Å². The van der Waals surface area contributed by atoms with Crippen molar-refractivity contribution in [3.8, 4) is 6.07 Å². The van der Waals surface area contributed by atoms with Crippen LogP contribution < -0.4 is 4.72 Å². The monoisotopic (exact) mass is 298 g/mol. The van der Waals surface area contributed by atoms with Crippen molar-refractivity contribution >= 4 is 11.0 Å². The van der Waals surface area contributed by atoms with Gasteiger partial charge >= 0.3 is 0 Å². The zero-order valence-corrected chi connectivity index (χ0v) is 13.0. The van der Waals surface area contributed by atoms with Gasteiger partial charge < -0.3 is 0 Å². The molecule has 0 spiro atoms. The fraction of sp³-hybridized carbons (Fsp3) is 0.235. The fourth-order valence-electron chi connectivity index (χ4n) is 2.10. The number of nitrogens with zero attached hydrogens (tertiary/aromatic N) is 1. The molecule has 0 aliphatic heterocycles. The van der Waals surface area contributed by atoms with Crippen molar-refractivity contribution < 1.29 is 4.21 Å². The lowest BCUT2D eigenvalue weighted by Crippen LogP contribution is -2.41. The van der Waals surface area contributed by atoms with Gasteiger partial charge in [-0.3, -0.25) is 0 Å². The molecular formula is C17H18N2OS. The average Bonchev–Trinajstić information content (AvgIpc) is 2.54. The van der Waals surface area contributed by atoms with Gasteiger partial charge in [-0.2, -0.15) is 5.26 Å². The minimum Gasteiger partial charge on any atom is -0.237 e. The van der Waals surface area contributed by atoms with E-state index in [0.29, 0.717) is 11.3 Å². The van der Waals surface area contributed by atoms with E-state index in [1.54, 1.807) is 0 Å². The minimum atomic E-state index is -1.43. The highest BCUT2D eigenvalue weighted by atomic mass is 32.2. The molecule has 0 unspecified atom stereocenters. The number of hydrogen-bond donors (Lipinski definition) is 1. The van der Waals surface area contributed by atoms with Crippen molar-refractivity contribution in [3.63, 3.8) is 0 Å². The summed E-state index contributed by atoms with van der Waals surface area (Å²) in [5, 5.41) is 9.62. The van der Waals surface area contributed by atoms with Gasteiger partial charge in [0.05, 0.1) is 11.0 Å². The standard InChI is InChI=1S/C17H18N2OS/c1-3-17(13-18,15-7-5-4-6-8-15)19-21(20)16-11-9-14(2)10-12-16/h4-12,19H,3H2,1-2H3/t17-,21-/m0/s1. The summed E-state index contributed by atoms with van der Waals surface area (Å²) in [6.45, 7) is 3.89. The van der Waals surface area contributed by atoms with Gasteiger partial charge in [-0.05, 0) is 31.0 Å². The maximum absolute atomic E-state index is 12.5. The molecular weight excluding hydrogens is 280 g/mol. The van der Waals surface area contributed by atoms with E-state index in [-0.39, 0.29) is 0 Å². The van der Waals surface area contributed by atoms with Gasteiger partial charge in [0.15, 0.2) is 0 Å². The maximum atomic E-state index is 12.5. The maximum Gasteiger partial charge on any atom is 0.142 e. The highest BCUT2D eigenvalue weighted by Crippen LogP contribution is 2.25. The van der Waals surface area contributed by atoms with Crippen LogP contribution in [0.4, 0.5) is 0 Å². The molecule has 3 nitrogen and oxygen atoms in total. The number of nitriles is 1. The molecule has 2 atom stereocenters. The summed E-state index contributed by atoms with van der Waals surface area (Å²) < 4.78 is 15.5. The van der Waals surface area contributed by atoms with E-state index in [2.05, 4.69) is 10.8 Å². The van der Waals surface area contributed by atoms with Crippen LogP contribution in [0.5, 0.6) is 0 Å². The van der Waals surface area contributed by atoms with Crippen LogP contribution in [0.3, 0.4) is 0 Å². The van der Waals surface area contributed by atoms with Crippen LogP contribution in [-0.4, -0.2) is 4.21 Å². The second-order valence-electron chi connectivity index (χ2n) is 4.92. The zero-order chi connectivity index (χ0) is 15.3.